The molecule has 19 heavy (non-hydrogen) atoms. The molecule has 0 bridgehead atoms. The average molecular weight is 279 g/mol. The van der Waals surface area contributed by atoms with Crippen molar-refractivity contribution in [3.63, 3.8) is 0 Å². The number of anilines is 1. The highest BCUT2D eigenvalue weighted by Gasteiger charge is 1.98. The molecule has 2 nitrogen and oxygen atoms in total. The van der Waals surface area contributed by atoms with Gasteiger partial charge in [-0.2, -0.15) is 0 Å². The van der Waals surface area contributed by atoms with Gasteiger partial charge in [0.1, 0.15) is 5.82 Å². The molecule has 0 unspecified atom stereocenters. The molecule has 0 atom stereocenters. The third-order valence-electron chi connectivity index (χ3n) is 2.78. The minimum atomic E-state index is -0.310. The van der Waals surface area contributed by atoms with Crippen molar-refractivity contribution in [2.45, 2.75) is 19.4 Å². The Labute approximate surface area is 117 Å². The number of rotatable bonds is 6. The van der Waals surface area contributed by atoms with Gasteiger partial charge in [-0.05, 0) is 42.2 Å². The van der Waals surface area contributed by atoms with Crippen LogP contribution in [0.4, 0.5) is 10.1 Å². The fourth-order valence-corrected chi connectivity index (χ4v) is 2.00. The van der Waals surface area contributed by atoms with Gasteiger partial charge in [0.05, 0.1) is 6.20 Å². The van der Waals surface area contributed by atoms with Crippen molar-refractivity contribution in [3.05, 3.63) is 59.7 Å². The molecule has 4 heteroatoms. The fraction of sp³-hybridized carbons (Fsp3) is 0.267. The van der Waals surface area contributed by atoms with Crippen molar-refractivity contribution in [2.75, 3.05) is 11.2 Å². The molecule has 0 aliphatic rings. The maximum atomic E-state index is 13.0. The summed E-state index contributed by atoms with van der Waals surface area (Å²) in [6.07, 6.45) is 4.81. The number of pyridine rings is 1. The number of nitrogens with zero attached hydrogens (tertiary/aromatic N) is 1. The van der Waals surface area contributed by atoms with Crippen molar-refractivity contribution in [3.8, 4) is 0 Å². The molecule has 0 aliphatic heterocycles. The zero-order chi connectivity index (χ0) is 13.5. The van der Waals surface area contributed by atoms with E-state index in [1.165, 1.54) is 17.8 Å². The van der Waals surface area contributed by atoms with E-state index in [-0.39, 0.29) is 5.82 Å². The topological polar surface area (TPSA) is 24.9 Å². The molecule has 1 aromatic carbocycles. The summed E-state index contributed by atoms with van der Waals surface area (Å²) in [5, 5.41) is 3.27. The molecule has 100 valence electrons. The summed E-state index contributed by atoms with van der Waals surface area (Å²) in [6.45, 7) is 0.559. The van der Waals surface area contributed by atoms with Crippen molar-refractivity contribution in [1.82, 2.24) is 4.98 Å². The Hall–Kier alpha value is -1.61. The monoisotopic (exact) mass is 278 g/mol. The average Bonchev–Trinajstić information content (AvgIpc) is 2.43. The number of aromatic nitrogens is 1. The van der Waals surface area contributed by atoms with Gasteiger partial charge in [-0.1, -0.05) is 12.1 Å². The van der Waals surface area contributed by atoms with Gasteiger partial charge >= 0.3 is 0 Å². The fourth-order valence-electron chi connectivity index (χ4n) is 1.86. The van der Waals surface area contributed by atoms with Gasteiger partial charge in [0.2, 0.25) is 0 Å². The van der Waals surface area contributed by atoms with E-state index in [9.17, 15) is 4.39 Å². The van der Waals surface area contributed by atoms with Gasteiger partial charge in [0, 0.05) is 24.3 Å². The SMILES string of the molecule is Fc1cncc(CNc2cccc(CCCCl)c2)c1. The Morgan fingerprint density at radius 2 is 2.05 bits per heavy atom. The zero-order valence-corrected chi connectivity index (χ0v) is 11.3. The molecule has 0 radical (unpaired) electrons. The van der Waals surface area contributed by atoms with Gasteiger partial charge in [-0.15, -0.1) is 11.6 Å². The van der Waals surface area contributed by atoms with Gasteiger partial charge in [-0.3, -0.25) is 4.98 Å². The Kier molecular flexibility index (Phi) is 5.16. The van der Waals surface area contributed by atoms with E-state index in [1.807, 2.05) is 12.1 Å². The summed E-state index contributed by atoms with van der Waals surface area (Å²) >= 11 is 5.69. The molecular weight excluding hydrogens is 263 g/mol. The number of hydrogen-bond acceptors (Lipinski definition) is 2. The number of halogens is 2. The number of aryl methyl sites for hydroxylation is 1. The van der Waals surface area contributed by atoms with E-state index in [1.54, 1.807) is 6.20 Å². The lowest BCUT2D eigenvalue weighted by molar-refractivity contribution is 0.619. The summed E-state index contributed by atoms with van der Waals surface area (Å²) in [5.41, 5.74) is 3.10. The van der Waals surface area contributed by atoms with Crippen molar-refractivity contribution < 1.29 is 4.39 Å². The third kappa shape index (κ3) is 4.52. The first kappa shape index (κ1) is 13.8. The summed E-state index contributed by atoms with van der Waals surface area (Å²) < 4.78 is 13.0. The molecule has 0 fully saturated rings. The highest BCUT2D eigenvalue weighted by Crippen LogP contribution is 2.14. The Bertz CT molecular complexity index is 531. The van der Waals surface area contributed by atoms with Crippen molar-refractivity contribution in [2.24, 2.45) is 0 Å². The second-order valence-corrected chi connectivity index (χ2v) is 4.74. The largest absolute Gasteiger partial charge is 0.381 e. The van der Waals surface area contributed by atoms with Gasteiger partial charge in [-0.25, -0.2) is 4.39 Å². The predicted molar refractivity (Wildman–Crippen MR) is 77.0 cm³/mol. The van der Waals surface area contributed by atoms with Crippen LogP contribution in [0.15, 0.2) is 42.7 Å². The lowest BCUT2D eigenvalue weighted by atomic mass is 10.1. The summed E-state index contributed by atoms with van der Waals surface area (Å²) in [5.74, 6) is 0.363. The Morgan fingerprint density at radius 3 is 2.84 bits per heavy atom. The molecule has 1 heterocycles. The van der Waals surface area contributed by atoms with Crippen LogP contribution in [0.5, 0.6) is 0 Å². The Morgan fingerprint density at radius 1 is 1.16 bits per heavy atom. The Balaban J connectivity index is 1.95. The molecule has 1 aromatic heterocycles. The quantitative estimate of drug-likeness (QED) is 0.808. The molecule has 0 saturated carbocycles. The number of benzene rings is 1. The number of hydrogen-bond donors (Lipinski definition) is 1. The van der Waals surface area contributed by atoms with Gasteiger partial charge < -0.3 is 5.32 Å². The first-order valence-corrected chi connectivity index (χ1v) is 6.79. The first-order valence-electron chi connectivity index (χ1n) is 6.26. The van der Waals surface area contributed by atoms with Crippen LogP contribution in [0.1, 0.15) is 17.5 Å². The van der Waals surface area contributed by atoms with E-state index in [4.69, 9.17) is 11.6 Å². The van der Waals surface area contributed by atoms with Crippen LogP contribution in [0.2, 0.25) is 0 Å². The van der Waals surface area contributed by atoms with Crippen LogP contribution in [-0.2, 0) is 13.0 Å². The van der Waals surface area contributed by atoms with Crippen molar-refractivity contribution >= 4 is 17.3 Å². The number of nitrogens with one attached hydrogen (secondary N) is 1. The third-order valence-corrected chi connectivity index (χ3v) is 3.05. The van der Waals surface area contributed by atoms with Crippen LogP contribution < -0.4 is 5.32 Å². The van der Waals surface area contributed by atoms with Gasteiger partial charge in [0.15, 0.2) is 0 Å². The molecule has 2 rings (SSSR count). The highest BCUT2D eigenvalue weighted by atomic mass is 35.5. The highest BCUT2D eigenvalue weighted by molar-refractivity contribution is 6.17. The van der Waals surface area contributed by atoms with Crippen LogP contribution >= 0.6 is 11.6 Å². The molecule has 1 N–H and O–H groups in total. The maximum Gasteiger partial charge on any atom is 0.141 e. The van der Waals surface area contributed by atoms with Crippen LogP contribution in [0.3, 0.4) is 0 Å². The normalized spacial score (nSPS) is 10.4. The zero-order valence-electron chi connectivity index (χ0n) is 10.6. The van der Waals surface area contributed by atoms with E-state index in [0.29, 0.717) is 12.4 Å². The van der Waals surface area contributed by atoms with Crippen LogP contribution in [0, 0.1) is 5.82 Å². The molecular formula is C15H16ClFN2. The van der Waals surface area contributed by atoms with E-state index >= 15 is 0 Å². The van der Waals surface area contributed by atoms with E-state index in [2.05, 4.69) is 22.4 Å². The standard InChI is InChI=1S/C15H16ClFN2/c16-6-2-4-12-3-1-5-15(8-12)19-10-13-7-14(17)11-18-9-13/h1,3,5,7-9,11,19H,2,4,6,10H2. The molecule has 0 spiro atoms. The molecule has 2 aromatic rings. The second-order valence-electron chi connectivity index (χ2n) is 4.36. The minimum Gasteiger partial charge on any atom is -0.381 e. The predicted octanol–water partition coefficient (Wildman–Crippen LogP) is 4.00. The summed E-state index contributed by atoms with van der Waals surface area (Å²) in [4.78, 5) is 3.82. The summed E-state index contributed by atoms with van der Waals surface area (Å²) in [7, 11) is 0. The van der Waals surface area contributed by atoms with Crippen LogP contribution in [0.25, 0.3) is 0 Å². The maximum absolute atomic E-state index is 13.0. The second kappa shape index (κ2) is 7.10. The molecule has 0 aliphatic carbocycles. The lowest BCUT2D eigenvalue weighted by Gasteiger charge is -2.08. The molecule has 0 saturated heterocycles. The number of alkyl halides is 1. The van der Waals surface area contributed by atoms with Gasteiger partial charge in [0.25, 0.3) is 0 Å². The summed E-state index contributed by atoms with van der Waals surface area (Å²) in [6, 6.07) is 9.67. The van der Waals surface area contributed by atoms with Crippen molar-refractivity contribution in [1.29, 1.82) is 0 Å². The van der Waals surface area contributed by atoms with E-state index < -0.39 is 0 Å². The smallest absolute Gasteiger partial charge is 0.141 e. The minimum absolute atomic E-state index is 0.310. The molecule has 0 amide bonds. The first-order chi connectivity index (χ1) is 9.28. The lowest BCUT2D eigenvalue weighted by Crippen LogP contribution is -2.01. The van der Waals surface area contributed by atoms with Crippen LogP contribution in [-0.4, -0.2) is 10.9 Å². The van der Waals surface area contributed by atoms with E-state index in [0.717, 1.165) is 24.1 Å².